The Morgan fingerprint density at radius 1 is 1.32 bits per heavy atom. The van der Waals surface area contributed by atoms with Gasteiger partial charge in [0.2, 0.25) is 0 Å². The largest absolute Gasteiger partial charge is 0.395 e. The maximum atomic E-state index is 13.6. The van der Waals surface area contributed by atoms with Crippen LogP contribution >= 0.6 is 11.6 Å². The van der Waals surface area contributed by atoms with Gasteiger partial charge >= 0.3 is 0 Å². The van der Waals surface area contributed by atoms with Gasteiger partial charge in [0.15, 0.2) is 0 Å². The molecular weight excluding hydrogens is 276 g/mol. The van der Waals surface area contributed by atoms with Crippen LogP contribution in [-0.4, -0.2) is 35.6 Å². The molecule has 1 aromatic rings. The van der Waals surface area contributed by atoms with E-state index in [1.165, 1.54) is 4.90 Å². The van der Waals surface area contributed by atoms with E-state index in [0.717, 1.165) is 25.0 Å². The van der Waals surface area contributed by atoms with Gasteiger partial charge < -0.3 is 10.0 Å². The highest BCUT2D eigenvalue weighted by molar-refractivity contribution is 6.30. The number of benzene rings is 1. The van der Waals surface area contributed by atoms with E-state index in [-0.39, 0.29) is 23.7 Å². The van der Waals surface area contributed by atoms with Crippen LogP contribution in [-0.2, 0) is 0 Å². The van der Waals surface area contributed by atoms with Crippen molar-refractivity contribution in [1.82, 2.24) is 4.90 Å². The van der Waals surface area contributed by atoms with Gasteiger partial charge in [-0.1, -0.05) is 24.9 Å². The first-order chi connectivity index (χ1) is 9.01. The summed E-state index contributed by atoms with van der Waals surface area (Å²) < 4.78 is 26.9. The topological polar surface area (TPSA) is 40.5 Å². The van der Waals surface area contributed by atoms with Crippen molar-refractivity contribution in [2.75, 3.05) is 19.7 Å². The minimum Gasteiger partial charge on any atom is -0.395 e. The van der Waals surface area contributed by atoms with Crippen LogP contribution in [0.3, 0.4) is 0 Å². The van der Waals surface area contributed by atoms with Crippen LogP contribution in [0.1, 0.15) is 30.1 Å². The number of nitrogens with zero attached hydrogens (tertiary/aromatic N) is 1. The maximum absolute atomic E-state index is 13.6. The fourth-order valence-corrected chi connectivity index (χ4v) is 1.79. The number of hydrogen-bond acceptors (Lipinski definition) is 2. The van der Waals surface area contributed by atoms with E-state index in [4.69, 9.17) is 16.7 Å². The van der Waals surface area contributed by atoms with Crippen LogP contribution < -0.4 is 0 Å². The highest BCUT2D eigenvalue weighted by Crippen LogP contribution is 2.20. The lowest BCUT2D eigenvalue weighted by atomic mass is 10.1. The Morgan fingerprint density at radius 3 is 2.58 bits per heavy atom. The second-order valence-corrected chi connectivity index (χ2v) is 4.52. The molecule has 19 heavy (non-hydrogen) atoms. The predicted octanol–water partition coefficient (Wildman–Crippen LogP) is 2.85. The molecule has 106 valence electrons. The van der Waals surface area contributed by atoms with Crippen molar-refractivity contribution >= 4 is 17.5 Å². The van der Waals surface area contributed by atoms with Crippen molar-refractivity contribution in [3.8, 4) is 0 Å². The van der Waals surface area contributed by atoms with Gasteiger partial charge in [0.1, 0.15) is 11.6 Å². The van der Waals surface area contributed by atoms with Crippen LogP contribution in [0, 0.1) is 11.6 Å². The Balaban J connectivity index is 2.98. The Labute approximate surface area is 115 Å². The molecule has 0 saturated heterocycles. The minimum absolute atomic E-state index is 0.0858. The number of halogens is 3. The average Bonchev–Trinajstić information content (AvgIpc) is 2.38. The van der Waals surface area contributed by atoms with Crippen molar-refractivity contribution in [3.63, 3.8) is 0 Å². The third kappa shape index (κ3) is 4.14. The molecule has 0 spiro atoms. The first-order valence-corrected chi connectivity index (χ1v) is 6.43. The molecule has 3 nitrogen and oxygen atoms in total. The van der Waals surface area contributed by atoms with Crippen LogP contribution in [0.2, 0.25) is 5.02 Å². The summed E-state index contributed by atoms with van der Waals surface area (Å²) in [6.45, 7) is 2.19. The molecule has 0 fully saturated rings. The number of carbonyl (C=O) groups is 1. The predicted molar refractivity (Wildman–Crippen MR) is 69.3 cm³/mol. The molecule has 1 amide bonds. The van der Waals surface area contributed by atoms with Gasteiger partial charge in [-0.3, -0.25) is 4.79 Å². The quantitative estimate of drug-likeness (QED) is 0.819. The summed E-state index contributed by atoms with van der Waals surface area (Å²) in [6, 6.07) is 1.57. The van der Waals surface area contributed by atoms with E-state index in [1.807, 2.05) is 6.92 Å². The summed E-state index contributed by atoms with van der Waals surface area (Å²) in [5, 5.41) is 8.55. The van der Waals surface area contributed by atoms with Gasteiger partial charge in [-0.15, -0.1) is 0 Å². The number of aliphatic hydroxyl groups excluding tert-OH is 1. The highest BCUT2D eigenvalue weighted by Gasteiger charge is 2.20. The molecule has 0 aliphatic rings. The average molecular weight is 292 g/mol. The van der Waals surface area contributed by atoms with E-state index in [9.17, 15) is 13.6 Å². The molecule has 0 radical (unpaired) electrons. The number of rotatable bonds is 6. The molecule has 1 N–H and O–H groups in total. The summed E-state index contributed by atoms with van der Waals surface area (Å²) in [6.07, 6.45) is 1.58. The van der Waals surface area contributed by atoms with Crippen LogP contribution in [0.4, 0.5) is 8.78 Å². The molecular formula is C13H16ClF2NO2. The second kappa shape index (κ2) is 7.40. The van der Waals surface area contributed by atoms with Crippen molar-refractivity contribution < 1.29 is 18.7 Å². The SMILES string of the molecule is CCCCN(CCO)C(=O)c1cc(F)c(Cl)cc1F. The normalized spacial score (nSPS) is 10.6. The Morgan fingerprint density at radius 2 is 2.00 bits per heavy atom. The first-order valence-electron chi connectivity index (χ1n) is 6.06. The Bertz CT molecular complexity index is 455. The summed E-state index contributed by atoms with van der Waals surface area (Å²) in [5.41, 5.74) is -0.369. The molecule has 0 aromatic heterocycles. The smallest absolute Gasteiger partial charge is 0.257 e. The van der Waals surface area contributed by atoms with Gasteiger partial charge in [-0.2, -0.15) is 0 Å². The molecule has 0 heterocycles. The summed E-state index contributed by atoms with van der Waals surface area (Å²) in [7, 11) is 0. The van der Waals surface area contributed by atoms with Crippen LogP contribution in [0.15, 0.2) is 12.1 Å². The van der Waals surface area contributed by atoms with Gasteiger partial charge in [-0.05, 0) is 18.6 Å². The minimum atomic E-state index is -0.865. The van der Waals surface area contributed by atoms with Crippen molar-refractivity contribution in [2.24, 2.45) is 0 Å². The molecule has 0 unspecified atom stereocenters. The molecule has 0 aliphatic carbocycles. The molecule has 0 atom stereocenters. The third-order valence-electron chi connectivity index (χ3n) is 2.68. The fraction of sp³-hybridized carbons (Fsp3) is 0.462. The van der Waals surface area contributed by atoms with Crippen molar-refractivity contribution in [1.29, 1.82) is 0 Å². The number of carbonyl (C=O) groups excluding carboxylic acids is 1. The van der Waals surface area contributed by atoms with Crippen molar-refractivity contribution in [3.05, 3.63) is 34.4 Å². The van der Waals surface area contributed by atoms with Crippen LogP contribution in [0.5, 0.6) is 0 Å². The Kier molecular flexibility index (Phi) is 6.18. The first kappa shape index (κ1) is 15.9. The lowest BCUT2D eigenvalue weighted by molar-refractivity contribution is 0.0714. The highest BCUT2D eigenvalue weighted by atomic mass is 35.5. The van der Waals surface area contributed by atoms with E-state index >= 15 is 0 Å². The Hall–Kier alpha value is -1.20. The molecule has 1 aromatic carbocycles. The fourth-order valence-electron chi connectivity index (χ4n) is 1.64. The monoisotopic (exact) mass is 291 g/mol. The van der Waals surface area contributed by atoms with Gasteiger partial charge in [0.25, 0.3) is 5.91 Å². The van der Waals surface area contributed by atoms with E-state index in [1.54, 1.807) is 0 Å². The zero-order valence-electron chi connectivity index (χ0n) is 10.6. The zero-order chi connectivity index (χ0) is 14.4. The summed E-state index contributed by atoms with van der Waals surface area (Å²) in [5.74, 6) is -2.35. The lowest BCUT2D eigenvalue weighted by Crippen LogP contribution is -2.35. The molecule has 0 saturated carbocycles. The number of unbranched alkanes of at least 4 members (excludes halogenated alkanes) is 1. The third-order valence-corrected chi connectivity index (χ3v) is 2.97. The standard InChI is InChI=1S/C13H16ClF2NO2/c1-2-3-4-17(5-6-18)13(19)9-7-12(16)10(14)8-11(9)15/h7-8,18H,2-6H2,1H3. The van der Waals surface area contributed by atoms with E-state index < -0.39 is 17.5 Å². The number of hydrogen-bond donors (Lipinski definition) is 1. The van der Waals surface area contributed by atoms with Crippen molar-refractivity contribution in [2.45, 2.75) is 19.8 Å². The van der Waals surface area contributed by atoms with Crippen LogP contribution in [0.25, 0.3) is 0 Å². The van der Waals surface area contributed by atoms with E-state index in [2.05, 4.69) is 0 Å². The van der Waals surface area contributed by atoms with Gasteiger partial charge in [-0.25, -0.2) is 8.78 Å². The maximum Gasteiger partial charge on any atom is 0.257 e. The summed E-state index contributed by atoms with van der Waals surface area (Å²) >= 11 is 5.44. The van der Waals surface area contributed by atoms with Gasteiger partial charge in [0.05, 0.1) is 17.2 Å². The number of amides is 1. The number of aliphatic hydroxyl groups is 1. The lowest BCUT2D eigenvalue weighted by Gasteiger charge is -2.22. The van der Waals surface area contributed by atoms with E-state index in [0.29, 0.717) is 6.54 Å². The zero-order valence-corrected chi connectivity index (χ0v) is 11.4. The van der Waals surface area contributed by atoms with Gasteiger partial charge in [0, 0.05) is 13.1 Å². The molecule has 6 heteroatoms. The molecule has 0 aliphatic heterocycles. The molecule has 0 bridgehead atoms. The second-order valence-electron chi connectivity index (χ2n) is 4.12. The molecule has 1 rings (SSSR count). The summed E-state index contributed by atoms with van der Waals surface area (Å²) in [4.78, 5) is 13.4.